The van der Waals surface area contributed by atoms with Crippen LogP contribution >= 0.6 is 0 Å². The standard InChI is InChI=1S/C25H25NO5/c1-15-21-19(9-10-20-22(21)17(27)13-25(31-20)11-5-6-12-25)30-23(15)24(28)26-14-16-7-3-4-8-18(16)29-2/h3-4,7-10H,5-6,11-14H2,1-2H3,(H,26,28). The minimum Gasteiger partial charge on any atom is -0.496 e. The molecule has 1 N–H and O–H groups in total. The number of hydrogen-bond donors (Lipinski definition) is 1. The van der Waals surface area contributed by atoms with Crippen LogP contribution in [0.2, 0.25) is 0 Å². The number of Topliss-reactive ketones (excluding diaryl/α,β-unsaturated/α-hetero) is 1. The van der Waals surface area contributed by atoms with Gasteiger partial charge in [-0.3, -0.25) is 9.59 Å². The highest BCUT2D eigenvalue weighted by Gasteiger charge is 2.43. The second-order valence-electron chi connectivity index (χ2n) is 8.45. The average molecular weight is 419 g/mol. The molecule has 1 saturated carbocycles. The Hall–Kier alpha value is -3.28. The van der Waals surface area contributed by atoms with Gasteiger partial charge in [0.15, 0.2) is 11.5 Å². The van der Waals surface area contributed by atoms with Crippen LogP contribution in [-0.2, 0) is 6.54 Å². The van der Waals surface area contributed by atoms with Gasteiger partial charge < -0.3 is 19.2 Å². The normalized spacial score (nSPS) is 16.9. The highest BCUT2D eigenvalue weighted by molar-refractivity contribution is 6.13. The molecule has 31 heavy (non-hydrogen) atoms. The lowest BCUT2D eigenvalue weighted by molar-refractivity contribution is 0.0454. The van der Waals surface area contributed by atoms with E-state index in [1.165, 1.54) is 0 Å². The Labute approximate surface area is 180 Å². The van der Waals surface area contributed by atoms with Gasteiger partial charge in [-0.15, -0.1) is 0 Å². The molecular formula is C25H25NO5. The number of rotatable bonds is 4. The van der Waals surface area contributed by atoms with E-state index in [2.05, 4.69) is 5.32 Å². The third-order valence-electron chi connectivity index (χ3n) is 6.50. The molecule has 5 rings (SSSR count). The Morgan fingerprint density at radius 3 is 2.71 bits per heavy atom. The van der Waals surface area contributed by atoms with Crippen molar-refractivity contribution in [3.05, 3.63) is 58.8 Å². The second-order valence-corrected chi connectivity index (χ2v) is 8.45. The van der Waals surface area contributed by atoms with Crippen molar-refractivity contribution in [3.63, 3.8) is 0 Å². The number of hydrogen-bond acceptors (Lipinski definition) is 5. The fourth-order valence-corrected chi connectivity index (χ4v) is 4.95. The number of methoxy groups -OCH3 is 1. The maximum atomic E-state index is 13.1. The van der Waals surface area contributed by atoms with Crippen molar-refractivity contribution >= 4 is 22.7 Å². The van der Waals surface area contributed by atoms with Gasteiger partial charge in [0.25, 0.3) is 5.91 Å². The molecule has 1 spiro atoms. The van der Waals surface area contributed by atoms with Crippen LogP contribution < -0.4 is 14.8 Å². The van der Waals surface area contributed by atoms with Gasteiger partial charge in [-0.05, 0) is 50.8 Å². The first-order valence-corrected chi connectivity index (χ1v) is 10.7. The van der Waals surface area contributed by atoms with Crippen LogP contribution in [0.1, 0.15) is 64.1 Å². The maximum Gasteiger partial charge on any atom is 0.287 e. The molecule has 2 aromatic carbocycles. The van der Waals surface area contributed by atoms with Crippen LogP contribution in [0.5, 0.6) is 11.5 Å². The second kappa shape index (κ2) is 7.45. The molecule has 6 nitrogen and oxygen atoms in total. The zero-order chi connectivity index (χ0) is 21.6. The number of nitrogens with one attached hydrogen (secondary N) is 1. The molecule has 0 atom stereocenters. The third kappa shape index (κ3) is 3.26. The molecular weight excluding hydrogens is 394 g/mol. The molecule has 1 aliphatic heterocycles. The molecule has 2 aliphatic rings. The van der Waals surface area contributed by atoms with Crippen molar-refractivity contribution in [2.45, 2.75) is 51.2 Å². The summed E-state index contributed by atoms with van der Waals surface area (Å²) in [7, 11) is 1.60. The van der Waals surface area contributed by atoms with Gasteiger partial charge in [-0.2, -0.15) is 0 Å². The van der Waals surface area contributed by atoms with Crippen molar-refractivity contribution in [1.29, 1.82) is 0 Å². The van der Waals surface area contributed by atoms with Crippen molar-refractivity contribution in [3.8, 4) is 11.5 Å². The van der Waals surface area contributed by atoms with E-state index >= 15 is 0 Å². The smallest absolute Gasteiger partial charge is 0.287 e. The number of aryl methyl sites for hydroxylation is 1. The van der Waals surface area contributed by atoms with Crippen LogP contribution in [0, 0.1) is 6.92 Å². The average Bonchev–Trinajstić information content (AvgIpc) is 3.36. The summed E-state index contributed by atoms with van der Waals surface area (Å²) in [5.74, 6) is 1.27. The molecule has 1 amide bonds. The third-order valence-corrected chi connectivity index (χ3v) is 6.50. The largest absolute Gasteiger partial charge is 0.496 e. The molecule has 0 saturated heterocycles. The van der Waals surface area contributed by atoms with Crippen LogP contribution in [0.4, 0.5) is 0 Å². The molecule has 0 bridgehead atoms. The highest BCUT2D eigenvalue weighted by Crippen LogP contribution is 2.46. The molecule has 160 valence electrons. The van der Waals surface area contributed by atoms with E-state index in [-0.39, 0.29) is 23.1 Å². The molecule has 3 aromatic rings. The number of fused-ring (bicyclic) bond motifs is 3. The van der Waals surface area contributed by atoms with E-state index in [0.29, 0.717) is 46.6 Å². The Morgan fingerprint density at radius 2 is 1.94 bits per heavy atom. The first-order chi connectivity index (χ1) is 15.0. The number of amides is 1. The van der Waals surface area contributed by atoms with E-state index < -0.39 is 0 Å². The zero-order valence-electron chi connectivity index (χ0n) is 17.7. The lowest BCUT2D eigenvalue weighted by atomic mass is 9.87. The molecule has 6 heteroatoms. The van der Waals surface area contributed by atoms with Crippen LogP contribution in [0.3, 0.4) is 0 Å². The molecule has 1 aromatic heterocycles. The lowest BCUT2D eigenvalue weighted by Gasteiger charge is -2.34. The van der Waals surface area contributed by atoms with Gasteiger partial charge in [0.1, 0.15) is 22.7 Å². The first-order valence-electron chi connectivity index (χ1n) is 10.7. The van der Waals surface area contributed by atoms with Gasteiger partial charge in [0.05, 0.1) is 19.1 Å². The van der Waals surface area contributed by atoms with Crippen molar-refractivity contribution in [1.82, 2.24) is 5.32 Å². The number of ketones is 1. The van der Waals surface area contributed by atoms with Gasteiger partial charge in [0.2, 0.25) is 0 Å². The molecule has 1 aliphatic carbocycles. The number of para-hydroxylation sites is 1. The Kier molecular flexibility index (Phi) is 4.73. The Balaban J connectivity index is 1.46. The van der Waals surface area contributed by atoms with Gasteiger partial charge in [-0.25, -0.2) is 0 Å². The summed E-state index contributed by atoms with van der Waals surface area (Å²) in [6.45, 7) is 2.12. The topological polar surface area (TPSA) is 77.8 Å². The first kappa shape index (κ1) is 19.7. The number of benzene rings is 2. The lowest BCUT2D eigenvalue weighted by Crippen LogP contribution is -2.39. The quantitative estimate of drug-likeness (QED) is 0.647. The van der Waals surface area contributed by atoms with Crippen molar-refractivity contribution in [2.24, 2.45) is 0 Å². The SMILES string of the molecule is COc1ccccc1CNC(=O)c1oc2ccc3c(c2c1C)C(=O)CC1(CCCC1)O3. The Bertz CT molecular complexity index is 1190. The highest BCUT2D eigenvalue weighted by atomic mass is 16.5. The van der Waals surface area contributed by atoms with Crippen LogP contribution in [0.15, 0.2) is 40.8 Å². The molecule has 1 fully saturated rings. The summed E-state index contributed by atoms with van der Waals surface area (Å²) in [6.07, 6.45) is 4.39. The minimum absolute atomic E-state index is 0.0682. The fraction of sp³-hybridized carbons (Fsp3) is 0.360. The van der Waals surface area contributed by atoms with Crippen molar-refractivity contribution < 1.29 is 23.5 Å². The van der Waals surface area contributed by atoms with E-state index in [1.54, 1.807) is 19.2 Å². The summed E-state index contributed by atoms with van der Waals surface area (Å²) in [4.78, 5) is 26.0. The van der Waals surface area contributed by atoms with E-state index in [1.807, 2.05) is 31.2 Å². The zero-order valence-corrected chi connectivity index (χ0v) is 17.7. The monoisotopic (exact) mass is 419 g/mol. The summed E-state index contributed by atoms with van der Waals surface area (Å²) < 4.78 is 17.6. The minimum atomic E-state index is -0.357. The number of furan rings is 1. The van der Waals surface area contributed by atoms with Gasteiger partial charge >= 0.3 is 0 Å². The number of carbonyl (C=O) groups excluding carboxylic acids is 2. The van der Waals surface area contributed by atoms with Crippen LogP contribution in [0.25, 0.3) is 11.0 Å². The predicted octanol–water partition coefficient (Wildman–Crippen LogP) is 4.96. The molecule has 2 heterocycles. The van der Waals surface area contributed by atoms with Gasteiger partial charge in [-0.1, -0.05) is 18.2 Å². The maximum absolute atomic E-state index is 13.1. The van der Waals surface area contributed by atoms with E-state index in [4.69, 9.17) is 13.9 Å². The predicted molar refractivity (Wildman–Crippen MR) is 116 cm³/mol. The fourth-order valence-electron chi connectivity index (χ4n) is 4.95. The summed E-state index contributed by atoms with van der Waals surface area (Å²) in [5, 5.41) is 3.57. The summed E-state index contributed by atoms with van der Waals surface area (Å²) in [5.41, 5.74) is 2.24. The molecule has 0 radical (unpaired) electrons. The number of carbonyl (C=O) groups is 2. The Morgan fingerprint density at radius 1 is 1.16 bits per heavy atom. The van der Waals surface area contributed by atoms with Crippen LogP contribution in [-0.4, -0.2) is 24.4 Å². The van der Waals surface area contributed by atoms with Crippen molar-refractivity contribution in [2.75, 3.05) is 7.11 Å². The summed E-state index contributed by atoms with van der Waals surface area (Å²) >= 11 is 0. The van der Waals surface area contributed by atoms with Gasteiger partial charge in [0, 0.05) is 23.1 Å². The van der Waals surface area contributed by atoms with E-state index in [0.717, 1.165) is 31.2 Å². The summed E-state index contributed by atoms with van der Waals surface area (Å²) in [6, 6.07) is 11.1. The molecule has 0 unspecified atom stereocenters. The van der Waals surface area contributed by atoms with E-state index in [9.17, 15) is 9.59 Å². The number of ether oxygens (including phenoxy) is 2.